The Morgan fingerprint density at radius 3 is 2.23 bits per heavy atom. The first-order valence-electron chi connectivity index (χ1n) is 9.19. The zero-order chi connectivity index (χ0) is 16.8. The van der Waals surface area contributed by atoms with Crippen LogP contribution in [0.25, 0.3) is 49.2 Å². The maximum absolute atomic E-state index is 2.51. The van der Waals surface area contributed by atoms with Crippen LogP contribution in [0.15, 0.2) is 78.9 Å². The summed E-state index contributed by atoms with van der Waals surface area (Å²) in [4.78, 5) is 0. The second kappa shape index (κ2) is 4.25. The van der Waals surface area contributed by atoms with Gasteiger partial charge in [0.25, 0.3) is 0 Å². The molecule has 6 aromatic rings. The van der Waals surface area contributed by atoms with E-state index in [1.165, 1.54) is 60.3 Å². The van der Waals surface area contributed by atoms with Crippen molar-refractivity contribution in [2.45, 2.75) is 6.42 Å². The summed E-state index contributed by atoms with van der Waals surface area (Å²) < 4.78 is 2.51. The number of hydrogen-bond donors (Lipinski definition) is 0. The Morgan fingerprint density at radius 2 is 1.27 bits per heavy atom. The second-order valence-electron chi connectivity index (χ2n) is 7.38. The fraction of sp³-hybridized carbons (Fsp3) is 0.0400. The molecule has 26 heavy (non-hydrogen) atoms. The molecule has 0 spiro atoms. The minimum absolute atomic E-state index is 1.02. The SMILES string of the molecule is c1ccc2c(c1)Cc1c-2ccc2c3cccc4c5ccccc5n(c12)c43. The van der Waals surface area contributed by atoms with Crippen LogP contribution in [-0.2, 0) is 6.42 Å². The molecule has 1 aliphatic carbocycles. The average molecular weight is 329 g/mol. The van der Waals surface area contributed by atoms with E-state index >= 15 is 0 Å². The van der Waals surface area contributed by atoms with Crippen molar-refractivity contribution in [3.05, 3.63) is 90.0 Å². The van der Waals surface area contributed by atoms with E-state index in [0.717, 1.165) is 6.42 Å². The Kier molecular flexibility index (Phi) is 2.12. The molecule has 0 N–H and O–H groups in total. The molecule has 0 saturated carbocycles. The molecular formula is C25H15N. The highest BCUT2D eigenvalue weighted by Crippen LogP contribution is 2.45. The number of rotatable bonds is 0. The third-order valence-electron chi connectivity index (χ3n) is 6.17. The van der Waals surface area contributed by atoms with Crippen LogP contribution in [0.3, 0.4) is 0 Å². The Balaban J connectivity index is 1.80. The van der Waals surface area contributed by atoms with Crippen LogP contribution in [0.5, 0.6) is 0 Å². The fourth-order valence-corrected chi connectivity index (χ4v) is 5.14. The Morgan fingerprint density at radius 1 is 0.538 bits per heavy atom. The van der Waals surface area contributed by atoms with Gasteiger partial charge in [-0.05, 0) is 28.3 Å². The molecule has 0 bridgehead atoms. The summed E-state index contributed by atoms with van der Waals surface area (Å²) in [6.07, 6.45) is 1.02. The third-order valence-corrected chi connectivity index (χ3v) is 6.17. The van der Waals surface area contributed by atoms with Crippen molar-refractivity contribution in [2.75, 3.05) is 0 Å². The highest BCUT2D eigenvalue weighted by molar-refractivity contribution is 6.24. The van der Waals surface area contributed by atoms with Gasteiger partial charge in [0.05, 0.1) is 16.6 Å². The first-order valence-corrected chi connectivity index (χ1v) is 9.19. The lowest BCUT2D eigenvalue weighted by molar-refractivity contribution is 1.25. The van der Waals surface area contributed by atoms with Crippen molar-refractivity contribution in [2.24, 2.45) is 0 Å². The van der Waals surface area contributed by atoms with E-state index in [1.54, 1.807) is 0 Å². The molecule has 7 rings (SSSR count). The molecule has 0 atom stereocenters. The third kappa shape index (κ3) is 1.33. The van der Waals surface area contributed by atoms with Crippen LogP contribution in [-0.4, -0.2) is 4.40 Å². The predicted molar refractivity (Wildman–Crippen MR) is 109 cm³/mol. The average Bonchev–Trinajstić information content (AvgIpc) is 3.34. The van der Waals surface area contributed by atoms with Gasteiger partial charge in [0.2, 0.25) is 0 Å². The molecule has 0 aliphatic heterocycles. The van der Waals surface area contributed by atoms with Gasteiger partial charge < -0.3 is 4.40 Å². The molecule has 1 nitrogen and oxygen atoms in total. The van der Waals surface area contributed by atoms with E-state index in [9.17, 15) is 0 Å². The molecule has 1 aliphatic rings. The summed E-state index contributed by atoms with van der Waals surface area (Å²) in [6, 6.07) is 29.0. The van der Waals surface area contributed by atoms with Crippen LogP contribution in [0, 0.1) is 0 Å². The van der Waals surface area contributed by atoms with E-state index < -0.39 is 0 Å². The van der Waals surface area contributed by atoms with Crippen molar-refractivity contribution < 1.29 is 0 Å². The summed E-state index contributed by atoms with van der Waals surface area (Å²) in [5.74, 6) is 0. The molecule has 120 valence electrons. The van der Waals surface area contributed by atoms with Gasteiger partial charge in [-0.1, -0.05) is 72.8 Å². The second-order valence-corrected chi connectivity index (χ2v) is 7.38. The summed E-state index contributed by atoms with van der Waals surface area (Å²) in [5.41, 5.74) is 9.80. The van der Waals surface area contributed by atoms with Crippen LogP contribution in [0.4, 0.5) is 0 Å². The minimum atomic E-state index is 1.02. The Labute approximate surface area is 150 Å². The van der Waals surface area contributed by atoms with Crippen LogP contribution < -0.4 is 0 Å². The van der Waals surface area contributed by atoms with E-state index in [4.69, 9.17) is 0 Å². The largest absolute Gasteiger partial charge is 0.308 e. The lowest BCUT2D eigenvalue weighted by Crippen LogP contribution is -1.88. The summed E-state index contributed by atoms with van der Waals surface area (Å²) in [7, 11) is 0. The van der Waals surface area contributed by atoms with Gasteiger partial charge in [0, 0.05) is 28.0 Å². The number of nitrogens with zero attached hydrogens (tertiary/aromatic N) is 1. The monoisotopic (exact) mass is 329 g/mol. The van der Waals surface area contributed by atoms with Gasteiger partial charge in [0.1, 0.15) is 0 Å². The van der Waals surface area contributed by atoms with Gasteiger partial charge in [-0.25, -0.2) is 0 Å². The van der Waals surface area contributed by atoms with Crippen molar-refractivity contribution in [1.82, 2.24) is 4.40 Å². The molecule has 0 unspecified atom stereocenters. The molecule has 0 saturated heterocycles. The van der Waals surface area contributed by atoms with Gasteiger partial charge in [-0.15, -0.1) is 0 Å². The molecule has 1 heteroatoms. The quantitative estimate of drug-likeness (QED) is 0.303. The molecule has 4 aromatic carbocycles. The molecule has 2 heterocycles. The topological polar surface area (TPSA) is 4.41 Å². The van der Waals surface area contributed by atoms with E-state index in [1.807, 2.05) is 0 Å². The van der Waals surface area contributed by atoms with Crippen molar-refractivity contribution in [3.8, 4) is 11.1 Å². The lowest BCUT2D eigenvalue weighted by atomic mass is 10.0. The molecule has 0 radical (unpaired) electrons. The van der Waals surface area contributed by atoms with Crippen LogP contribution in [0.2, 0.25) is 0 Å². The summed E-state index contributed by atoms with van der Waals surface area (Å²) in [5, 5.41) is 5.46. The highest BCUT2D eigenvalue weighted by atomic mass is 14.9. The highest BCUT2D eigenvalue weighted by Gasteiger charge is 2.25. The fourth-order valence-electron chi connectivity index (χ4n) is 5.14. The zero-order valence-corrected chi connectivity index (χ0v) is 14.2. The van der Waals surface area contributed by atoms with Crippen molar-refractivity contribution in [3.63, 3.8) is 0 Å². The summed E-state index contributed by atoms with van der Waals surface area (Å²) >= 11 is 0. The first-order chi connectivity index (χ1) is 12.9. The molecule has 0 amide bonds. The number of para-hydroxylation sites is 2. The smallest absolute Gasteiger partial charge is 0.0620 e. The van der Waals surface area contributed by atoms with E-state index in [0.29, 0.717) is 0 Å². The Hall–Kier alpha value is -3.32. The maximum Gasteiger partial charge on any atom is 0.0620 e. The van der Waals surface area contributed by atoms with Crippen molar-refractivity contribution >= 4 is 38.1 Å². The summed E-state index contributed by atoms with van der Waals surface area (Å²) in [6.45, 7) is 0. The van der Waals surface area contributed by atoms with Gasteiger partial charge in [-0.2, -0.15) is 0 Å². The number of hydrogen-bond acceptors (Lipinski definition) is 0. The zero-order valence-electron chi connectivity index (χ0n) is 14.2. The molecule has 0 fully saturated rings. The van der Waals surface area contributed by atoms with Crippen LogP contribution >= 0.6 is 0 Å². The minimum Gasteiger partial charge on any atom is -0.308 e. The number of fused-ring (bicyclic) bond motifs is 10. The number of benzene rings is 4. The van der Waals surface area contributed by atoms with E-state index in [2.05, 4.69) is 83.3 Å². The van der Waals surface area contributed by atoms with Crippen molar-refractivity contribution in [1.29, 1.82) is 0 Å². The first kappa shape index (κ1) is 13.0. The van der Waals surface area contributed by atoms with Gasteiger partial charge >= 0.3 is 0 Å². The maximum atomic E-state index is 2.51. The number of aromatic nitrogens is 1. The van der Waals surface area contributed by atoms with E-state index in [-0.39, 0.29) is 0 Å². The normalized spacial score (nSPS) is 13.2. The Bertz CT molecular complexity index is 1500. The van der Waals surface area contributed by atoms with Gasteiger partial charge in [-0.3, -0.25) is 0 Å². The molecule has 2 aromatic heterocycles. The molecular weight excluding hydrogens is 314 g/mol. The lowest BCUT2D eigenvalue weighted by Gasteiger charge is -2.05. The van der Waals surface area contributed by atoms with Crippen LogP contribution in [0.1, 0.15) is 11.1 Å². The standard InChI is InChI=1S/C25H15N/c1-2-7-16-15(6-1)14-22-17(16)12-13-21-20-10-5-9-19-18-8-3-4-11-23(18)26(24(19)20)25(21)22/h1-13H,14H2. The predicted octanol–water partition coefficient (Wildman–Crippen LogP) is 6.41. The van der Waals surface area contributed by atoms with Gasteiger partial charge in [0.15, 0.2) is 0 Å².